The molecule has 0 aliphatic rings. The van der Waals surface area contributed by atoms with E-state index < -0.39 is 0 Å². The second kappa shape index (κ2) is 11.4. The minimum Gasteiger partial charge on any atom is -0.490 e. The lowest BCUT2D eigenvalue weighted by Crippen LogP contribution is -2.30. The smallest absolute Gasteiger partial charge is 0.260 e. The molecular weight excluding hydrogens is 472 g/mol. The summed E-state index contributed by atoms with van der Waals surface area (Å²) in [7, 11) is 0. The summed E-state index contributed by atoms with van der Waals surface area (Å²) in [5, 5.41) is 0.647. The van der Waals surface area contributed by atoms with Crippen LogP contribution in [-0.2, 0) is 6.54 Å². The van der Waals surface area contributed by atoms with Crippen LogP contribution in [0, 0.1) is 13.8 Å². The molecule has 0 aliphatic heterocycles. The van der Waals surface area contributed by atoms with Crippen LogP contribution in [0.3, 0.4) is 0 Å². The zero-order valence-corrected chi connectivity index (χ0v) is 22.3. The fourth-order valence-corrected chi connectivity index (χ4v) is 4.99. The van der Waals surface area contributed by atoms with Crippen molar-refractivity contribution in [2.24, 2.45) is 0 Å². The lowest BCUT2D eigenvalue weighted by atomic mass is 10.1. The van der Waals surface area contributed by atoms with Gasteiger partial charge < -0.3 is 14.2 Å². The molecule has 0 saturated carbocycles. The number of hydrogen-bond acceptors (Lipinski definition) is 6. The molecule has 0 saturated heterocycles. The van der Waals surface area contributed by atoms with E-state index in [1.54, 1.807) is 17.0 Å². The highest BCUT2D eigenvalue weighted by atomic mass is 32.1. The molecule has 1 aromatic heterocycles. The van der Waals surface area contributed by atoms with Gasteiger partial charge in [0, 0.05) is 5.56 Å². The topological polar surface area (TPSA) is 60.9 Å². The van der Waals surface area contributed by atoms with Gasteiger partial charge >= 0.3 is 0 Å². The summed E-state index contributed by atoms with van der Waals surface area (Å²) in [6, 6.07) is 17.6. The third-order valence-corrected chi connectivity index (χ3v) is 6.85. The molecule has 0 bridgehead atoms. The molecule has 0 unspecified atom stereocenters. The Morgan fingerprint density at radius 1 is 0.861 bits per heavy atom. The molecule has 0 aliphatic carbocycles. The normalized spacial score (nSPS) is 10.9. The van der Waals surface area contributed by atoms with E-state index in [0.717, 1.165) is 15.8 Å². The molecular formula is C29H32N2O4S. The van der Waals surface area contributed by atoms with E-state index >= 15 is 0 Å². The standard InChI is InChI=1S/C29H32N2O4S/c1-6-33-24-16-22(17-25(34-7-2)27(24)35-8-3)28(32)31(18-21-12-10-9-11-13-21)29-30-23-14-19(4)20(5)15-26(23)36-29/h9-17H,6-8,18H2,1-5H3. The number of aromatic nitrogens is 1. The predicted octanol–water partition coefficient (Wildman–Crippen LogP) is 6.96. The van der Waals surface area contributed by atoms with Crippen molar-refractivity contribution in [2.45, 2.75) is 41.2 Å². The number of hydrogen-bond donors (Lipinski definition) is 0. The van der Waals surface area contributed by atoms with Crippen molar-refractivity contribution in [1.29, 1.82) is 0 Å². The molecule has 0 radical (unpaired) electrons. The number of thiazole rings is 1. The summed E-state index contributed by atoms with van der Waals surface area (Å²) < 4.78 is 18.6. The zero-order valence-electron chi connectivity index (χ0n) is 21.5. The van der Waals surface area contributed by atoms with Crippen LogP contribution in [-0.4, -0.2) is 30.7 Å². The van der Waals surface area contributed by atoms with Crippen LogP contribution >= 0.6 is 11.3 Å². The number of carbonyl (C=O) groups excluding carboxylic acids is 1. The van der Waals surface area contributed by atoms with E-state index in [2.05, 4.69) is 26.0 Å². The Morgan fingerprint density at radius 3 is 2.08 bits per heavy atom. The van der Waals surface area contributed by atoms with Gasteiger partial charge in [0.15, 0.2) is 16.6 Å². The van der Waals surface area contributed by atoms with E-state index in [-0.39, 0.29) is 5.91 Å². The summed E-state index contributed by atoms with van der Waals surface area (Å²) in [6.45, 7) is 11.6. The summed E-state index contributed by atoms with van der Waals surface area (Å²) in [5.41, 5.74) is 4.73. The monoisotopic (exact) mass is 504 g/mol. The minimum atomic E-state index is -0.184. The van der Waals surface area contributed by atoms with E-state index in [1.807, 2.05) is 51.1 Å². The minimum absolute atomic E-state index is 0.184. The van der Waals surface area contributed by atoms with E-state index in [0.29, 0.717) is 54.3 Å². The molecule has 0 N–H and O–H groups in total. The van der Waals surface area contributed by atoms with Gasteiger partial charge in [0.05, 0.1) is 36.6 Å². The first-order valence-corrected chi connectivity index (χ1v) is 13.1. The second-order valence-corrected chi connectivity index (χ2v) is 9.39. The summed E-state index contributed by atoms with van der Waals surface area (Å²) >= 11 is 1.52. The van der Waals surface area contributed by atoms with Crippen molar-refractivity contribution < 1.29 is 19.0 Å². The fraction of sp³-hybridized carbons (Fsp3) is 0.310. The van der Waals surface area contributed by atoms with Gasteiger partial charge in [-0.3, -0.25) is 9.69 Å². The van der Waals surface area contributed by atoms with Crippen molar-refractivity contribution in [3.8, 4) is 17.2 Å². The van der Waals surface area contributed by atoms with Crippen LogP contribution < -0.4 is 19.1 Å². The molecule has 4 aromatic rings. The molecule has 1 heterocycles. The number of aryl methyl sites for hydroxylation is 2. The number of fused-ring (bicyclic) bond motifs is 1. The molecule has 1 amide bonds. The average molecular weight is 505 g/mol. The van der Waals surface area contributed by atoms with Crippen molar-refractivity contribution >= 4 is 32.6 Å². The van der Waals surface area contributed by atoms with Crippen molar-refractivity contribution in [3.05, 3.63) is 76.9 Å². The van der Waals surface area contributed by atoms with Crippen LogP contribution in [0.4, 0.5) is 5.13 Å². The highest BCUT2D eigenvalue weighted by molar-refractivity contribution is 7.22. The Balaban J connectivity index is 1.82. The summed E-state index contributed by atoms with van der Waals surface area (Å²) in [5.74, 6) is 1.31. The van der Waals surface area contributed by atoms with Gasteiger partial charge in [0.2, 0.25) is 5.75 Å². The maximum absolute atomic E-state index is 14.1. The van der Waals surface area contributed by atoms with Crippen LogP contribution in [0.15, 0.2) is 54.6 Å². The summed E-state index contributed by atoms with van der Waals surface area (Å²) in [6.07, 6.45) is 0. The van der Waals surface area contributed by atoms with Gasteiger partial charge in [-0.05, 0) is 75.6 Å². The number of amides is 1. The van der Waals surface area contributed by atoms with Gasteiger partial charge in [-0.2, -0.15) is 0 Å². The Hall–Kier alpha value is -3.58. The molecule has 0 fully saturated rings. The van der Waals surface area contributed by atoms with Gasteiger partial charge in [0.25, 0.3) is 5.91 Å². The molecule has 188 valence electrons. The number of nitrogens with zero attached hydrogens (tertiary/aromatic N) is 2. The predicted molar refractivity (Wildman–Crippen MR) is 146 cm³/mol. The lowest BCUT2D eigenvalue weighted by molar-refractivity contribution is 0.0984. The van der Waals surface area contributed by atoms with Crippen molar-refractivity contribution in [2.75, 3.05) is 24.7 Å². The van der Waals surface area contributed by atoms with Gasteiger partial charge in [-0.25, -0.2) is 4.98 Å². The van der Waals surface area contributed by atoms with Crippen LogP contribution in [0.2, 0.25) is 0 Å². The maximum Gasteiger partial charge on any atom is 0.260 e. The Bertz CT molecular complexity index is 1280. The molecule has 0 spiro atoms. The molecule has 0 atom stereocenters. The Kier molecular flexibility index (Phi) is 8.10. The van der Waals surface area contributed by atoms with Crippen LogP contribution in [0.25, 0.3) is 10.2 Å². The van der Waals surface area contributed by atoms with Crippen LogP contribution in [0.5, 0.6) is 17.2 Å². The van der Waals surface area contributed by atoms with Gasteiger partial charge in [-0.1, -0.05) is 41.7 Å². The number of benzene rings is 3. The first-order chi connectivity index (χ1) is 17.4. The quantitative estimate of drug-likeness (QED) is 0.234. The summed E-state index contributed by atoms with van der Waals surface area (Å²) in [4.78, 5) is 20.7. The van der Waals surface area contributed by atoms with Gasteiger partial charge in [0.1, 0.15) is 0 Å². The van der Waals surface area contributed by atoms with Gasteiger partial charge in [-0.15, -0.1) is 0 Å². The van der Waals surface area contributed by atoms with E-state index in [1.165, 1.54) is 22.5 Å². The number of rotatable bonds is 10. The molecule has 4 rings (SSSR count). The SMILES string of the molecule is CCOc1cc(C(=O)N(Cc2ccccc2)c2nc3cc(C)c(C)cc3s2)cc(OCC)c1OCC. The van der Waals surface area contributed by atoms with Crippen LogP contribution in [0.1, 0.15) is 47.8 Å². The highest BCUT2D eigenvalue weighted by Crippen LogP contribution is 2.40. The molecule has 6 nitrogen and oxygen atoms in total. The third kappa shape index (κ3) is 5.46. The van der Waals surface area contributed by atoms with Crippen molar-refractivity contribution in [1.82, 2.24) is 4.98 Å². The number of anilines is 1. The average Bonchev–Trinajstić information content (AvgIpc) is 3.27. The highest BCUT2D eigenvalue weighted by Gasteiger charge is 2.25. The Morgan fingerprint density at radius 2 is 1.47 bits per heavy atom. The van der Waals surface area contributed by atoms with Crippen molar-refractivity contribution in [3.63, 3.8) is 0 Å². The van der Waals surface area contributed by atoms with E-state index in [4.69, 9.17) is 19.2 Å². The fourth-order valence-electron chi connectivity index (χ4n) is 3.94. The largest absolute Gasteiger partial charge is 0.490 e. The Labute approximate surface area is 216 Å². The third-order valence-electron chi connectivity index (χ3n) is 5.81. The second-order valence-electron chi connectivity index (χ2n) is 8.38. The first kappa shape index (κ1) is 25.5. The zero-order chi connectivity index (χ0) is 25.7. The molecule has 7 heteroatoms. The molecule has 36 heavy (non-hydrogen) atoms. The number of carbonyl (C=O) groups is 1. The number of ether oxygens (including phenoxy) is 3. The van der Waals surface area contributed by atoms with E-state index in [9.17, 15) is 4.79 Å². The maximum atomic E-state index is 14.1. The molecule has 3 aromatic carbocycles. The lowest BCUT2D eigenvalue weighted by Gasteiger charge is -2.22. The first-order valence-electron chi connectivity index (χ1n) is 12.2.